The Kier molecular flexibility index (Phi) is 5.05. The summed E-state index contributed by atoms with van der Waals surface area (Å²) in [6, 6.07) is 17.5. The number of fused-ring (bicyclic) bond motifs is 8. The fourth-order valence-electron chi connectivity index (χ4n) is 4.87. The number of ether oxygens (including phenoxy) is 1. The average molecular weight is 489 g/mol. The second-order valence-corrected chi connectivity index (χ2v) is 9.16. The van der Waals surface area contributed by atoms with E-state index >= 15 is 0 Å². The summed E-state index contributed by atoms with van der Waals surface area (Å²) in [6.45, 7) is 7.35. The molecule has 0 saturated heterocycles. The molecule has 1 amide bonds. The molecule has 8 nitrogen and oxygen atoms in total. The van der Waals surface area contributed by atoms with E-state index in [4.69, 9.17) is 10.5 Å². The quantitative estimate of drug-likeness (QED) is 0.232. The molecule has 37 heavy (non-hydrogen) atoms. The number of benzene rings is 3. The number of hydrogen-bond acceptors (Lipinski definition) is 6. The molecule has 0 aliphatic carbocycles. The first kappa shape index (κ1) is 22.5. The van der Waals surface area contributed by atoms with Crippen molar-refractivity contribution in [3.8, 4) is 11.6 Å². The van der Waals surface area contributed by atoms with E-state index in [2.05, 4.69) is 26.8 Å². The van der Waals surface area contributed by atoms with Crippen molar-refractivity contribution in [3.05, 3.63) is 78.8 Å². The predicted molar refractivity (Wildman–Crippen MR) is 148 cm³/mol. The maximum absolute atomic E-state index is 12.3. The van der Waals surface area contributed by atoms with Gasteiger partial charge in [-0.05, 0) is 66.4 Å². The smallest absolute Gasteiger partial charge is 0.250 e. The van der Waals surface area contributed by atoms with Crippen molar-refractivity contribution in [2.75, 3.05) is 11.1 Å². The average Bonchev–Trinajstić information content (AvgIpc) is 3.18. The van der Waals surface area contributed by atoms with Gasteiger partial charge in [0.05, 0.1) is 10.9 Å². The number of nitrogens with one attached hydrogen (secondary N) is 1. The van der Waals surface area contributed by atoms with Gasteiger partial charge < -0.3 is 20.4 Å². The van der Waals surface area contributed by atoms with Crippen LogP contribution in [0.4, 0.5) is 11.5 Å². The number of aromatic nitrogens is 4. The number of rotatable bonds is 4. The molecule has 0 unspecified atom stereocenters. The van der Waals surface area contributed by atoms with Gasteiger partial charge in [-0.1, -0.05) is 18.7 Å². The summed E-state index contributed by atoms with van der Waals surface area (Å²) in [5, 5.41) is 8.55. The Morgan fingerprint density at radius 2 is 1.78 bits per heavy atom. The first-order valence-corrected chi connectivity index (χ1v) is 11.8. The first-order chi connectivity index (χ1) is 17.8. The zero-order chi connectivity index (χ0) is 25.8. The molecule has 3 aromatic heterocycles. The Balaban J connectivity index is 1.69. The van der Waals surface area contributed by atoms with Gasteiger partial charge in [-0.15, -0.1) is 0 Å². The number of anilines is 2. The molecule has 6 aromatic rings. The topological polar surface area (TPSA) is 108 Å². The van der Waals surface area contributed by atoms with Gasteiger partial charge in [-0.3, -0.25) is 4.79 Å². The largest absolute Gasteiger partial charge is 0.439 e. The maximum Gasteiger partial charge on any atom is 0.250 e. The molecule has 0 saturated carbocycles. The van der Waals surface area contributed by atoms with Gasteiger partial charge in [0.25, 0.3) is 5.91 Å². The minimum atomic E-state index is -0.230. The highest BCUT2D eigenvalue weighted by atomic mass is 16.5. The van der Waals surface area contributed by atoms with Crippen LogP contribution in [0.15, 0.2) is 73.1 Å². The fourth-order valence-corrected chi connectivity index (χ4v) is 4.87. The zero-order valence-corrected chi connectivity index (χ0v) is 20.7. The second kappa shape index (κ2) is 8.30. The van der Waals surface area contributed by atoms with Crippen molar-refractivity contribution in [1.82, 2.24) is 19.5 Å². The Bertz CT molecular complexity index is 1920. The number of nitrogens with zero attached hydrogens (tertiary/aromatic N) is 4. The molecule has 182 valence electrons. The lowest BCUT2D eigenvalue weighted by Gasteiger charge is -2.13. The van der Waals surface area contributed by atoms with Gasteiger partial charge >= 0.3 is 0 Å². The summed E-state index contributed by atoms with van der Waals surface area (Å²) in [4.78, 5) is 25.6. The van der Waals surface area contributed by atoms with Crippen LogP contribution in [0.25, 0.3) is 43.5 Å². The Morgan fingerprint density at radius 3 is 2.57 bits per heavy atom. The van der Waals surface area contributed by atoms with E-state index in [-0.39, 0.29) is 5.91 Å². The molecule has 6 rings (SSSR count). The number of nitrogen functional groups attached to an aromatic ring is 1. The molecule has 0 aliphatic heterocycles. The van der Waals surface area contributed by atoms with Crippen LogP contribution in [0.5, 0.6) is 11.6 Å². The SMILES string of the molecule is C=C(C)C(=O)Nc1ccc2c(c1)c1cc(Oc3cccc(C)n3)ccc1c1c3c(N)ncnc3n(C)c21. The van der Waals surface area contributed by atoms with Gasteiger partial charge in [0.15, 0.2) is 0 Å². The van der Waals surface area contributed by atoms with Crippen LogP contribution in [0.2, 0.25) is 0 Å². The predicted octanol–water partition coefficient (Wildman–Crippen LogP) is 6.02. The van der Waals surface area contributed by atoms with E-state index in [0.29, 0.717) is 28.7 Å². The summed E-state index contributed by atoms with van der Waals surface area (Å²) in [6.07, 6.45) is 1.48. The van der Waals surface area contributed by atoms with Gasteiger partial charge in [0, 0.05) is 40.8 Å². The highest BCUT2D eigenvalue weighted by Gasteiger charge is 2.20. The fraction of sp³-hybridized carbons (Fsp3) is 0.103. The van der Waals surface area contributed by atoms with E-state index in [0.717, 1.165) is 49.2 Å². The van der Waals surface area contributed by atoms with Crippen molar-refractivity contribution in [3.63, 3.8) is 0 Å². The maximum atomic E-state index is 12.3. The molecule has 0 radical (unpaired) electrons. The molecule has 0 aliphatic rings. The number of amides is 1. The van der Waals surface area contributed by atoms with Crippen LogP contribution in [0.1, 0.15) is 12.6 Å². The third-order valence-electron chi connectivity index (χ3n) is 6.55. The van der Waals surface area contributed by atoms with Crippen LogP contribution in [0, 0.1) is 6.92 Å². The lowest BCUT2D eigenvalue weighted by Crippen LogP contribution is -2.11. The summed E-state index contributed by atoms with van der Waals surface area (Å²) < 4.78 is 8.16. The van der Waals surface area contributed by atoms with Gasteiger partial charge in [0.1, 0.15) is 23.5 Å². The summed E-state index contributed by atoms with van der Waals surface area (Å²) in [5.41, 5.74) is 10.1. The lowest BCUT2D eigenvalue weighted by molar-refractivity contribution is -0.112. The van der Waals surface area contributed by atoms with Crippen LogP contribution in [-0.2, 0) is 11.8 Å². The van der Waals surface area contributed by atoms with E-state index in [1.54, 1.807) is 6.92 Å². The minimum Gasteiger partial charge on any atom is -0.439 e. The highest BCUT2D eigenvalue weighted by Crippen LogP contribution is 2.43. The van der Waals surface area contributed by atoms with Crippen molar-refractivity contribution in [2.24, 2.45) is 7.05 Å². The van der Waals surface area contributed by atoms with E-state index in [1.807, 2.05) is 73.1 Å². The first-order valence-electron chi connectivity index (χ1n) is 11.8. The summed E-state index contributed by atoms with van der Waals surface area (Å²) >= 11 is 0. The Hall–Kier alpha value is -4.98. The normalized spacial score (nSPS) is 11.4. The number of carbonyl (C=O) groups excluding carboxylic acids is 1. The zero-order valence-electron chi connectivity index (χ0n) is 20.7. The molecule has 3 aromatic carbocycles. The van der Waals surface area contributed by atoms with E-state index in [9.17, 15) is 4.79 Å². The molecular formula is C29H24N6O2. The number of hydrogen-bond donors (Lipinski definition) is 2. The number of nitrogens with two attached hydrogens (primary N) is 1. The molecule has 0 bridgehead atoms. The molecule has 0 fully saturated rings. The van der Waals surface area contributed by atoms with E-state index < -0.39 is 0 Å². The van der Waals surface area contributed by atoms with Crippen LogP contribution < -0.4 is 15.8 Å². The number of carbonyl (C=O) groups is 1. The number of pyridine rings is 1. The van der Waals surface area contributed by atoms with Crippen LogP contribution in [0.3, 0.4) is 0 Å². The van der Waals surface area contributed by atoms with Crippen molar-refractivity contribution in [2.45, 2.75) is 13.8 Å². The molecule has 8 heteroatoms. The minimum absolute atomic E-state index is 0.230. The number of aryl methyl sites for hydroxylation is 2. The van der Waals surface area contributed by atoms with Crippen molar-refractivity contribution in [1.29, 1.82) is 0 Å². The van der Waals surface area contributed by atoms with Gasteiger partial charge in [-0.25, -0.2) is 15.0 Å². The lowest BCUT2D eigenvalue weighted by atomic mass is 9.96. The Morgan fingerprint density at radius 1 is 1.00 bits per heavy atom. The molecule has 0 spiro atoms. The van der Waals surface area contributed by atoms with Gasteiger partial charge in [0.2, 0.25) is 5.88 Å². The third-order valence-corrected chi connectivity index (χ3v) is 6.55. The van der Waals surface area contributed by atoms with Gasteiger partial charge in [-0.2, -0.15) is 0 Å². The standard InChI is InChI=1S/C29H24N6O2/c1-15(2)29(36)34-17-8-10-20-21(12-17)22-13-18(37-23-7-5-6-16(3)33-23)9-11-19(22)24-25-27(30)31-14-32-28(25)35(4)26(20)24/h5-14H,1H2,2-4H3,(H,34,36)(H2,30,31,32). The van der Waals surface area contributed by atoms with Crippen LogP contribution in [-0.4, -0.2) is 25.4 Å². The third kappa shape index (κ3) is 3.61. The Labute approximate surface area is 212 Å². The summed E-state index contributed by atoms with van der Waals surface area (Å²) in [5.74, 6) is 1.35. The molecular weight excluding hydrogens is 464 g/mol. The second-order valence-electron chi connectivity index (χ2n) is 9.16. The van der Waals surface area contributed by atoms with Crippen molar-refractivity contribution >= 4 is 60.9 Å². The summed E-state index contributed by atoms with van der Waals surface area (Å²) in [7, 11) is 1.97. The molecule has 3 N–H and O–H groups in total. The van der Waals surface area contributed by atoms with E-state index in [1.165, 1.54) is 6.33 Å². The van der Waals surface area contributed by atoms with Crippen molar-refractivity contribution < 1.29 is 9.53 Å². The highest BCUT2D eigenvalue weighted by molar-refractivity contribution is 6.33. The van der Waals surface area contributed by atoms with Crippen LogP contribution >= 0.6 is 0 Å². The monoisotopic (exact) mass is 488 g/mol. The molecule has 0 atom stereocenters. The molecule has 3 heterocycles.